The summed E-state index contributed by atoms with van der Waals surface area (Å²) in [5, 5.41) is 26.1. The Bertz CT molecular complexity index is 1040. The van der Waals surface area contributed by atoms with Crippen LogP contribution in [0.3, 0.4) is 0 Å². The zero-order valence-electron chi connectivity index (χ0n) is 23.5. The van der Waals surface area contributed by atoms with Gasteiger partial charge in [-0.1, -0.05) is 12.1 Å². The first-order valence-electron chi connectivity index (χ1n) is 13.5. The van der Waals surface area contributed by atoms with Crippen LogP contribution in [0.25, 0.3) is 0 Å². The topological polar surface area (TPSA) is 111 Å². The number of carboxylic acid groups (broad SMARTS) is 1. The minimum absolute atomic E-state index is 0.188. The van der Waals surface area contributed by atoms with Crippen molar-refractivity contribution in [3.05, 3.63) is 58.7 Å². The van der Waals surface area contributed by atoms with Crippen molar-refractivity contribution in [3.63, 3.8) is 0 Å². The molecule has 8 heteroatoms. The van der Waals surface area contributed by atoms with Crippen molar-refractivity contribution < 1.29 is 24.5 Å². The number of hydrogen-bond acceptors (Lipinski definition) is 6. The van der Waals surface area contributed by atoms with E-state index in [1.54, 1.807) is 7.05 Å². The summed E-state index contributed by atoms with van der Waals surface area (Å²) in [5.41, 5.74) is 7.13. The van der Waals surface area contributed by atoms with Gasteiger partial charge in [0.25, 0.3) is 5.91 Å². The molecule has 0 saturated carbocycles. The first kappa shape index (κ1) is 31.1. The van der Waals surface area contributed by atoms with Gasteiger partial charge in [-0.25, -0.2) is 4.79 Å². The third-order valence-electron chi connectivity index (χ3n) is 6.87. The second kappa shape index (κ2) is 16.0. The number of ether oxygens (including phenoxy) is 1. The molecule has 8 nitrogen and oxygen atoms in total. The average Bonchev–Trinajstić information content (AvgIpc) is 2.88. The lowest BCUT2D eigenvalue weighted by molar-refractivity contribution is -0.166. The van der Waals surface area contributed by atoms with E-state index in [2.05, 4.69) is 68.7 Å². The Labute approximate surface area is 227 Å². The molecule has 4 N–H and O–H groups in total. The van der Waals surface area contributed by atoms with Crippen LogP contribution in [0.5, 0.6) is 0 Å². The largest absolute Gasteiger partial charge is 0.479 e. The maximum absolute atomic E-state index is 12.9. The summed E-state index contributed by atoms with van der Waals surface area (Å²) in [4.78, 5) is 25.7. The normalized spacial score (nSPS) is 12.6. The fraction of sp³-hybridized carbons (Fsp3) is 0.533. The molecule has 0 saturated heterocycles. The summed E-state index contributed by atoms with van der Waals surface area (Å²) >= 11 is 0. The van der Waals surface area contributed by atoms with Crippen LogP contribution in [0.1, 0.15) is 54.4 Å². The van der Waals surface area contributed by atoms with Crippen molar-refractivity contribution in [2.75, 3.05) is 43.9 Å². The van der Waals surface area contributed by atoms with E-state index in [0.29, 0.717) is 13.0 Å². The molecule has 2 atom stereocenters. The van der Waals surface area contributed by atoms with Crippen LogP contribution in [-0.4, -0.2) is 72.5 Å². The lowest BCUT2D eigenvalue weighted by Crippen LogP contribution is -2.48. The second-order valence-corrected chi connectivity index (χ2v) is 10.1. The molecule has 210 valence electrons. The quantitative estimate of drug-likeness (QED) is 0.221. The van der Waals surface area contributed by atoms with Gasteiger partial charge < -0.3 is 30.5 Å². The standard InChI is InChI=1S/C30H45N3O5/c1-21-11-13-25(19-23(21)3)31-15-7-6-9-17-33(5)29(35)28(27(34)30(36)37)38-18-10-8-16-32-26-14-12-22(2)24(4)20-26/h11-14,19-20,27-28,31-32,34H,6-10,15-18H2,1-5H3,(H,36,37). The Balaban J connectivity index is 1.69. The third-order valence-corrected chi connectivity index (χ3v) is 6.87. The Hall–Kier alpha value is -3.10. The Morgan fingerprint density at radius 2 is 1.34 bits per heavy atom. The Morgan fingerprint density at radius 1 is 0.816 bits per heavy atom. The molecule has 0 fully saturated rings. The highest BCUT2D eigenvalue weighted by atomic mass is 16.5. The van der Waals surface area contributed by atoms with E-state index in [0.717, 1.165) is 50.1 Å². The smallest absolute Gasteiger partial charge is 0.335 e. The van der Waals surface area contributed by atoms with Gasteiger partial charge >= 0.3 is 5.97 Å². The van der Waals surface area contributed by atoms with Gasteiger partial charge in [0.1, 0.15) is 0 Å². The van der Waals surface area contributed by atoms with Crippen LogP contribution < -0.4 is 10.6 Å². The predicted molar refractivity (Wildman–Crippen MR) is 153 cm³/mol. The van der Waals surface area contributed by atoms with Gasteiger partial charge in [0.2, 0.25) is 0 Å². The molecule has 1 amide bonds. The number of nitrogens with one attached hydrogen (secondary N) is 2. The van der Waals surface area contributed by atoms with Gasteiger partial charge in [-0.05, 0) is 106 Å². The molecule has 38 heavy (non-hydrogen) atoms. The Morgan fingerprint density at radius 3 is 1.84 bits per heavy atom. The van der Waals surface area contributed by atoms with Gasteiger partial charge in [-0.3, -0.25) is 4.79 Å². The van der Waals surface area contributed by atoms with Gasteiger partial charge in [0.05, 0.1) is 0 Å². The number of anilines is 2. The molecule has 2 rings (SSSR count). The molecule has 0 spiro atoms. The average molecular weight is 528 g/mol. The minimum Gasteiger partial charge on any atom is -0.479 e. The van der Waals surface area contributed by atoms with Crippen molar-refractivity contribution >= 4 is 23.3 Å². The number of benzene rings is 2. The van der Waals surface area contributed by atoms with Crippen LogP contribution in [0.4, 0.5) is 11.4 Å². The lowest BCUT2D eigenvalue weighted by Gasteiger charge is -2.25. The first-order chi connectivity index (χ1) is 18.1. The summed E-state index contributed by atoms with van der Waals surface area (Å²) in [6.45, 7) is 10.5. The summed E-state index contributed by atoms with van der Waals surface area (Å²) in [6, 6.07) is 12.5. The number of carboxylic acids is 1. The molecule has 0 radical (unpaired) electrons. The van der Waals surface area contributed by atoms with E-state index in [1.165, 1.54) is 27.2 Å². The molecular weight excluding hydrogens is 482 g/mol. The van der Waals surface area contributed by atoms with E-state index in [1.807, 2.05) is 6.07 Å². The number of carbonyl (C=O) groups excluding carboxylic acids is 1. The van der Waals surface area contributed by atoms with Crippen LogP contribution >= 0.6 is 0 Å². The summed E-state index contributed by atoms with van der Waals surface area (Å²) < 4.78 is 5.59. The van der Waals surface area contributed by atoms with Gasteiger partial charge in [-0.2, -0.15) is 0 Å². The van der Waals surface area contributed by atoms with E-state index in [-0.39, 0.29) is 6.61 Å². The van der Waals surface area contributed by atoms with E-state index in [4.69, 9.17) is 4.74 Å². The number of aryl methyl sites for hydroxylation is 4. The van der Waals surface area contributed by atoms with Crippen LogP contribution in [0, 0.1) is 27.7 Å². The van der Waals surface area contributed by atoms with Crippen molar-refractivity contribution in [2.45, 2.75) is 72.0 Å². The van der Waals surface area contributed by atoms with Crippen LogP contribution in [0.2, 0.25) is 0 Å². The Kier molecular flexibility index (Phi) is 13.1. The van der Waals surface area contributed by atoms with Crippen LogP contribution in [0.15, 0.2) is 36.4 Å². The second-order valence-electron chi connectivity index (χ2n) is 10.1. The van der Waals surface area contributed by atoms with Crippen molar-refractivity contribution in [3.8, 4) is 0 Å². The molecule has 2 aromatic rings. The molecule has 0 heterocycles. The van der Waals surface area contributed by atoms with Crippen molar-refractivity contribution in [1.29, 1.82) is 0 Å². The molecule has 0 aliphatic carbocycles. The third kappa shape index (κ3) is 10.3. The van der Waals surface area contributed by atoms with E-state index < -0.39 is 24.1 Å². The number of amides is 1. The number of hydrogen-bond donors (Lipinski definition) is 4. The number of unbranched alkanes of at least 4 members (excludes halogenated alkanes) is 3. The fourth-order valence-electron chi connectivity index (χ4n) is 4.01. The maximum atomic E-state index is 12.9. The fourth-order valence-corrected chi connectivity index (χ4v) is 4.01. The molecular formula is C30H45N3O5. The summed E-state index contributed by atoms with van der Waals surface area (Å²) in [7, 11) is 1.62. The molecule has 0 aromatic heterocycles. The van der Waals surface area contributed by atoms with Crippen molar-refractivity contribution in [2.24, 2.45) is 0 Å². The number of likely N-dealkylation sites (N-methyl/N-ethyl adjacent to an activating group) is 1. The van der Waals surface area contributed by atoms with Crippen molar-refractivity contribution in [1.82, 2.24) is 4.90 Å². The molecule has 0 bridgehead atoms. The summed E-state index contributed by atoms with van der Waals surface area (Å²) in [6.07, 6.45) is 0.724. The highest BCUT2D eigenvalue weighted by Crippen LogP contribution is 2.15. The minimum atomic E-state index is -1.90. The first-order valence-corrected chi connectivity index (χ1v) is 13.5. The lowest BCUT2D eigenvalue weighted by atomic mass is 10.1. The SMILES string of the molecule is Cc1ccc(NCCCCCN(C)C(=O)C(OCCCCNc2ccc(C)c(C)c2)C(O)C(=O)O)cc1C. The zero-order valence-corrected chi connectivity index (χ0v) is 23.5. The highest BCUT2D eigenvalue weighted by Gasteiger charge is 2.34. The maximum Gasteiger partial charge on any atom is 0.335 e. The monoisotopic (exact) mass is 527 g/mol. The number of carbonyl (C=O) groups is 2. The molecule has 2 unspecified atom stereocenters. The van der Waals surface area contributed by atoms with E-state index in [9.17, 15) is 19.8 Å². The number of aliphatic hydroxyl groups is 1. The molecule has 2 aromatic carbocycles. The summed E-state index contributed by atoms with van der Waals surface area (Å²) in [5.74, 6) is -1.98. The van der Waals surface area contributed by atoms with Gasteiger partial charge in [0.15, 0.2) is 12.2 Å². The molecule has 0 aliphatic rings. The van der Waals surface area contributed by atoms with E-state index >= 15 is 0 Å². The van der Waals surface area contributed by atoms with Crippen LogP contribution in [-0.2, 0) is 14.3 Å². The molecule has 0 aliphatic heterocycles. The number of aliphatic hydroxyl groups excluding tert-OH is 1. The number of nitrogens with zero attached hydrogens (tertiary/aromatic N) is 1. The van der Waals surface area contributed by atoms with Gasteiger partial charge in [-0.15, -0.1) is 0 Å². The zero-order chi connectivity index (χ0) is 28.1. The van der Waals surface area contributed by atoms with Gasteiger partial charge in [0, 0.05) is 44.7 Å². The number of rotatable bonds is 17. The highest BCUT2D eigenvalue weighted by molar-refractivity contribution is 5.87. The predicted octanol–water partition coefficient (Wildman–Crippen LogP) is 4.68. The number of aliphatic carboxylic acids is 1.